The second kappa shape index (κ2) is 6.86. The molecule has 0 atom stereocenters. The van der Waals surface area contributed by atoms with Crippen LogP contribution in [-0.2, 0) is 14.8 Å². The first-order valence-corrected chi connectivity index (χ1v) is 7.75. The summed E-state index contributed by atoms with van der Waals surface area (Å²) >= 11 is 3.23. The number of benzene rings is 1. The van der Waals surface area contributed by atoms with Crippen LogP contribution in [-0.4, -0.2) is 27.4 Å². The van der Waals surface area contributed by atoms with Gasteiger partial charge in [-0.2, -0.15) is 0 Å². The van der Waals surface area contributed by atoms with E-state index in [0.717, 1.165) is 4.47 Å². The summed E-state index contributed by atoms with van der Waals surface area (Å²) in [6.07, 6.45) is 0.129. The van der Waals surface area contributed by atoms with Gasteiger partial charge < -0.3 is 5.32 Å². The molecule has 0 aliphatic heterocycles. The summed E-state index contributed by atoms with van der Waals surface area (Å²) in [5, 5.41) is 2.60. The van der Waals surface area contributed by atoms with Gasteiger partial charge in [0.2, 0.25) is 15.9 Å². The number of hydrogen-bond acceptors (Lipinski definition) is 3. The number of sulfonamides is 1. The van der Waals surface area contributed by atoms with Crippen LogP contribution < -0.4 is 10.0 Å². The summed E-state index contributed by atoms with van der Waals surface area (Å²) in [6, 6.07) is 6.30. The number of carbonyl (C=O) groups excluding carboxylic acids is 1. The lowest BCUT2D eigenvalue weighted by Gasteiger charge is -2.06. The van der Waals surface area contributed by atoms with Gasteiger partial charge in [-0.15, -0.1) is 0 Å². The van der Waals surface area contributed by atoms with E-state index in [4.69, 9.17) is 0 Å². The van der Waals surface area contributed by atoms with E-state index < -0.39 is 10.0 Å². The van der Waals surface area contributed by atoms with Gasteiger partial charge in [0.15, 0.2) is 0 Å². The van der Waals surface area contributed by atoms with Crippen molar-refractivity contribution in [1.29, 1.82) is 0 Å². The van der Waals surface area contributed by atoms with Gasteiger partial charge in [0, 0.05) is 24.0 Å². The van der Waals surface area contributed by atoms with Crippen LogP contribution >= 0.6 is 15.9 Å². The van der Waals surface area contributed by atoms with Crippen LogP contribution in [0.2, 0.25) is 0 Å². The third kappa shape index (κ3) is 4.75. The van der Waals surface area contributed by atoms with Crippen LogP contribution in [0, 0.1) is 0 Å². The van der Waals surface area contributed by atoms with Crippen molar-refractivity contribution < 1.29 is 13.2 Å². The molecule has 0 aromatic heterocycles. The minimum Gasteiger partial charge on any atom is -0.356 e. The average molecular weight is 335 g/mol. The highest BCUT2D eigenvalue weighted by atomic mass is 79.9. The fourth-order valence-corrected chi connectivity index (χ4v) is 2.58. The van der Waals surface area contributed by atoms with E-state index in [-0.39, 0.29) is 23.8 Å². The summed E-state index contributed by atoms with van der Waals surface area (Å²) in [4.78, 5) is 11.3. The maximum atomic E-state index is 11.8. The van der Waals surface area contributed by atoms with E-state index >= 15 is 0 Å². The minimum absolute atomic E-state index is 0.0875. The number of carbonyl (C=O) groups is 1. The van der Waals surface area contributed by atoms with Gasteiger partial charge in [0.25, 0.3) is 0 Å². The van der Waals surface area contributed by atoms with E-state index in [9.17, 15) is 13.2 Å². The molecule has 0 aliphatic carbocycles. The first-order valence-electron chi connectivity index (χ1n) is 5.47. The Morgan fingerprint density at radius 3 is 2.44 bits per heavy atom. The predicted molar refractivity (Wildman–Crippen MR) is 72.6 cm³/mol. The van der Waals surface area contributed by atoms with E-state index in [1.54, 1.807) is 12.1 Å². The van der Waals surface area contributed by atoms with E-state index in [1.165, 1.54) is 12.1 Å². The highest BCUT2D eigenvalue weighted by Crippen LogP contribution is 2.14. The molecular formula is C11H15BrN2O3S. The molecule has 0 radical (unpaired) electrons. The Kier molecular flexibility index (Phi) is 5.77. The van der Waals surface area contributed by atoms with E-state index in [0.29, 0.717) is 6.54 Å². The fourth-order valence-electron chi connectivity index (χ4n) is 1.28. The zero-order valence-corrected chi connectivity index (χ0v) is 12.3. The molecule has 1 aromatic rings. The molecule has 1 aromatic carbocycles. The van der Waals surface area contributed by atoms with Crippen molar-refractivity contribution in [3.05, 3.63) is 28.7 Å². The molecule has 1 rings (SSSR count). The van der Waals surface area contributed by atoms with Crippen molar-refractivity contribution in [2.45, 2.75) is 18.2 Å². The van der Waals surface area contributed by atoms with Crippen molar-refractivity contribution in [3.63, 3.8) is 0 Å². The predicted octanol–water partition coefficient (Wildman–Crippen LogP) is 1.25. The lowest BCUT2D eigenvalue weighted by Crippen LogP contribution is -2.30. The SMILES string of the molecule is CCNC(=O)CCNS(=O)(=O)c1ccc(Br)cc1. The Morgan fingerprint density at radius 2 is 1.89 bits per heavy atom. The Labute approximate surface area is 115 Å². The van der Waals surface area contributed by atoms with Crippen molar-refractivity contribution in [2.75, 3.05) is 13.1 Å². The standard InChI is InChI=1S/C11H15BrN2O3S/c1-2-13-11(15)7-8-14-18(16,17)10-5-3-9(12)4-6-10/h3-6,14H,2,7-8H2,1H3,(H,13,15). The molecule has 2 N–H and O–H groups in total. The normalized spacial score (nSPS) is 11.2. The van der Waals surface area contributed by atoms with E-state index in [2.05, 4.69) is 26.0 Å². The molecule has 1 amide bonds. The summed E-state index contributed by atoms with van der Waals surface area (Å²) in [7, 11) is -3.54. The van der Waals surface area contributed by atoms with Gasteiger partial charge in [-0.3, -0.25) is 4.79 Å². The van der Waals surface area contributed by atoms with Crippen LogP contribution in [0.15, 0.2) is 33.6 Å². The van der Waals surface area contributed by atoms with E-state index in [1.807, 2.05) is 6.92 Å². The first-order chi connectivity index (χ1) is 8.45. The third-order valence-electron chi connectivity index (χ3n) is 2.14. The molecule has 0 bridgehead atoms. The molecule has 0 spiro atoms. The molecule has 0 heterocycles. The van der Waals surface area contributed by atoms with Crippen molar-refractivity contribution >= 4 is 31.9 Å². The van der Waals surface area contributed by atoms with Crippen molar-refractivity contribution in [1.82, 2.24) is 10.0 Å². The summed E-state index contributed by atoms with van der Waals surface area (Å²) < 4.78 is 26.8. The topological polar surface area (TPSA) is 75.3 Å². The van der Waals surface area contributed by atoms with Gasteiger partial charge >= 0.3 is 0 Å². The van der Waals surface area contributed by atoms with Crippen LogP contribution in [0.4, 0.5) is 0 Å². The lowest BCUT2D eigenvalue weighted by molar-refractivity contribution is -0.120. The first kappa shape index (κ1) is 15.1. The van der Waals surface area contributed by atoms with Gasteiger partial charge in [0.1, 0.15) is 0 Å². The molecule has 0 aliphatic rings. The summed E-state index contributed by atoms with van der Waals surface area (Å²) in [5.74, 6) is -0.170. The maximum absolute atomic E-state index is 11.8. The fraction of sp³-hybridized carbons (Fsp3) is 0.364. The molecule has 18 heavy (non-hydrogen) atoms. The monoisotopic (exact) mass is 334 g/mol. The molecule has 5 nitrogen and oxygen atoms in total. The molecule has 7 heteroatoms. The van der Waals surface area contributed by atoms with Crippen LogP contribution in [0.1, 0.15) is 13.3 Å². The highest BCUT2D eigenvalue weighted by molar-refractivity contribution is 9.10. The average Bonchev–Trinajstić information content (AvgIpc) is 2.29. The zero-order chi connectivity index (χ0) is 13.6. The number of hydrogen-bond donors (Lipinski definition) is 2. The lowest BCUT2D eigenvalue weighted by atomic mass is 10.4. The molecular weight excluding hydrogens is 320 g/mol. The maximum Gasteiger partial charge on any atom is 0.240 e. The second-order valence-corrected chi connectivity index (χ2v) is 6.24. The Bertz CT molecular complexity index is 500. The quantitative estimate of drug-likeness (QED) is 0.822. The summed E-state index contributed by atoms with van der Waals surface area (Å²) in [6.45, 7) is 2.44. The molecule has 0 saturated heterocycles. The Hall–Kier alpha value is -0.920. The minimum atomic E-state index is -3.54. The van der Waals surface area contributed by atoms with Gasteiger partial charge in [0.05, 0.1) is 4.90 Å². The smallest absolute Gasteiger partial charge is 0.240 e. The van der Waals surface area contributed by atoms with Crippen LogP contribution in [0.5, 0.6) is 0 Å². The Morgan fingerprint density at radius 1 is 1.28 bits per heavy atom. The number of rotatable bonds is 6. The number of amides is 1. The summed E-state index contributed by atoms with van der Waals surface area (Å²) in [5.41, 5.74) is 0. The zero-order valence-electron chi connectivity index (χ0n) is 9.94. The largest absolute Gasteiger partial charge is 0.356 e. The third-order valence-corrected chi connectivity index (χ3v) is 4.15. The number of halogens is 1. The second-order valence-electron chi connectivity index (χ2n) is 3.56. The van der Waals surface area contributed by atoms with Crippen molar-refractivity contribution in [2.24, 2.45) is 0 Å². The van der Waals surface area contributed by atoms with Gasteiger partial charge in [-0.25, -0.2) is 13.1 Å². The molecule has 100 valence electrons. The highest BCUT2D eigenvalue weighted by Gasteiger charge is 2.13. The molecule has 0 unspecified atom stereocenters. The van der Waals surface area contributed by atoms with Gasteiger partial charge in [-0.1, -0.05) is 15.9 Å². The molecule has 0 saturated carbocycles. The Balaban J connectivity index is 2.55. The number of nitrogens with one attached hydrogen (secondary N) is 2. The van der Waals surface area contributed by atoms with Gasteiger partial charge in [-0.05, 0) is 31.2 Å². The molecule has 0 fully saturated rings. The van der Waals surface area contributed by atoms with Crippen molar-refractivity contribution in [3.8, 4) is 0 Å². The van der Waals surface area contributed by atoms with Crippen LogP contribution in [0.25, 0.3) is 0 Å². The van der Waals surface area contributed by atoms with Crippen LogP contribution in [0.3, 0.4) is 0 Å².